The molecule has 4 aromatic rings. The highest BCUT2D eigenvalue weighted by atomic mass is 19.4. The highest BCUT2D eigenvalue weighted by Crippen LogP contribution is 2.30. The number of pyridine rings is 1. The van der Waals surface area contributed by atoms with Gasteiger partial charge in [0.25, 0.3) is 0 Å². The first-order valence-corrected chi connectivity index (χ1v) is 9.36. The highest BCUT2D eigenvalue weighted by Gasteiger charge is 2.31. The molecule has 0 saturated heterocycles. The van der Waals surface area contributed by atoms with Gasteiger partial charge in [-0.25, -0.2) is 9.97 Å². The average Bonchev–Trinajstić information content (AvgIpc) is 3.09. The molecule has 0 aliphatic heterocycles. The van der Waals surface area contributed by atoms with Gasteiger partial charge in [-0.1, -0.05) is 0 Å². The number of benzene rings is 1. The number of aromatic nitrogens is 5. The van der Waals surface area contributed by atoms with Crippen molar-refractivity contribution in [1.82, 2.24) is 24.3 Å². The number of anilines is 1. The minimum Gasteiger partial charge on any atom is -0.318 e. The van der Waals surface area contributed by atoms with E-state index in [0.717, 1.165) is 18.2 Å². The molecule has 1 amide bonds. The molecule has 0 aliphatic rings. The van der Waals surface area contributed by atoms with Crippen LogP contribution in [-0.2, 0) is 31.0 Å². The van der Waals surface area contributed by atoms with Gasteiger partial charge in [-0.3, -0.25) is 14.3 Å². The van der Waals surface area contributed by atoms with Gasteiger partial charge < -0.3 is 9.88 Å². The predicted molar refractivity (Wildman–Crippen MR) is 108 cm³/mol. The van der Waals surface area contributed by atoms with Crippen molar-refractivity contribution in [1.29, 1.82) is 0 Å². The van der Waals surface area contributed by atoms with Crippen LogP contribution in [0.3, 0.4) is 0 Å². The third-order valence-corrected chi connectivity index (χ3v) is 4.80. The Morgan fingerprint density at radius 3 is 2.68 bits per heavy atom. The van der Waals surface area contributed by atoms with E-state index in [-0.39, 0.29) is 35.4 Å². The second kappa shape index (κ2) is 7.49. The first-order valence-electron chi connectivity index (χ1n) is 9.36. The van der Waals surface area contributed by atoms with E-state index in [0.29, 0.717) is 11.2 Å². The summed E-state index contributed by atoms with van der Waals surface area (Å²) in [7, 11) is 1.77. The number of nitrogens with zero attached hydrogens (tertiary/aromatic N) is 5. The molecule has 0 atom stereocenters. The number of carbonyl (C=O) groups is 1. The molecule has 4 rings (SSSR count). The lowest BCUT2D eigenvalue weighted by Gasteiger charge is -2.13. The van der Waals surface area contributed by atoms with Crippen molar-refractivity contribution in [3.05, 3.63) is 58.1 Å². The summed E-state index contributed by atoms with van der Waals surface area (Å²) in [5.41, 5.74) is -0.205. The van der Waals surface area contributed by atoms with Gasteiger partial charge in [-0.05, 0) is 37.3 Å². The van der Waals surface area contributed by atoms with Crippen LogP contribution < -0.4 is 10.7 Å². The average molecular weight is 430 g/mol. The molecule has 3 aromatic heterocycles. The fourth-order valence-electron chi connectivity index (χ4n) is 3.28. The number of halogens is 3. The van der Waals surface area contributed by atoms with E-state index in [1.807, 2.05) is 0 Å². The van der Waals surface area contributed by atoms with Gasteiger partial charge in [-0.2, -0.15) is 18.3 Å². The molecule has 11 heteroatoms. The highest BCUT2D eigenvalue weighted by molar-refractivity contribution is 5.92. The summed E-state index contributed by atoms with van der Waals surface area (Å²) in [4.78, 5) is 33.7. The van der Waals surface area contributed by atoms with Crippen molar-refractivity contribution in [3.63, 3.8) is 0 Å². The molecule has 0 spiro atoms. The number of alkyl halides is 3. The molecular formula is C20H17F3N6O2. The SMILES string of the molecule is CCn1nc(CC(=O)Nc2ccc3ncn(C)c3n2)c(=O)c2ccc(C(F)(F)F)cc21. The zero-order chi connectivity index (χ0) is 22.3. The summed E-state index contributed by atoms with van der Waals surface area (Å²) in [6, 6.07) is 6.15. The van der Waals surface area contributed by atoms with Crippen LogP contribution in [0.25, 0.3) is 22.1 Å². The van der Waals surface area contributed by atoms with Crippen LogP contribution in [0.5, 0.6) is 0 Å². The van der Waals surface area contributed by atoms with Gasteiger partial charge in [0.2, 0.25) is 11.3 Å². The Hall–Kier alpha value is -3.76. The maximum Gasteiger partial charge on any atom is 0.416 e. The number of amides is 1. The van der Waals surface area contributed by atoms with Crippen molar-refractivity contribution in [2.75, 3.05) is 5.32 Å². The van der Waals surface area contributed by atoms with Crippen molar-refractivity contribution >= 4 is 33.8 Å². The number of aryl methyl sites for hydroxylation is 2. The van der Waals surface area contributed by atoms with Gasteiger partial charge in [0.05, 0.1) is 23.8 Å². The molecule has 31 heavy (non-hydrogen) atoms. The smallest absolute Gasteiger partial charge is 0.318 e. The van der Waals surface area contributed by atoms with Crippen LogP contribution in [0.1, 0.15) is 18.2 Å². The van der Waals surface area contributed by atoms with Gasteiger partial charge in [0.15, 0.2) is 5.65 Å². The summed E-state index contributed by atoms with van der Waals surface area (Å²) in [6.45, 7) is 1.92. The van der Waals surface area contributed by atoms with E-state index in [2.05, 4.69) is 20.4 Å². The van der Waals surface area contributed by atoms with E-state index in [1.54, 1.807) is 37.0 Å². The Labute approximate surface area is 173 Å². The number of carbonyl (C=O) groups excluding carboxylic acids is 1. The maximum absolute atomic E-state index is 13.0. The van der Waals surface area contributed by atoms with Crippen molar-refractivity contribution in [3.8, 4) is 0 Å². The number of fused-ring (bicyclic) bond motifs is 2. The Kier molecular flexibility index (Phi) is 4.96. The summed E-state index contributed by atoms with van der Waals surface area (Å²) in [6.07, 6.45) is -3.29. The van der Waals surface area contributed by atoms with Crippen LogP contribution in [0.4, 0.5) is 19.0 Å². The van der Waals surface area contributed by atoms with Crippen molar-refractivity contribution < 1.29 is 18.0 Å². The summed E-state index contributed by atoms with van der Waals surface area (Å²) >= 11 is 0. The Morgan fingerprint density at radius 1 is 1.19 bits per heavy atom. The molecule has 0 fully saturated rings. The first-order chi connectivity index (χ1) is 14.7. The van der Waals surface area contributed by atoms with E-state index >= 15 is 0 Å². The molecule has 0 bridgehead atoms. The van der Waals surface area contributed by atoms with E-state index in [4.69, 9.17) is 0 Å². The Bertz CT molecular complexity index is 1370. The van der Waals surface area contributed by atoms with Crippen LogP contribution in [0.15, 0.2) is 41.5 Å². The van der Waals surface area contributed by atoms with Crippen LogP contribution in [-0.4, -0.2) is 30.2 Å². The zero-order valence-electron chi connectivity index (χ0n) is 16.6. The lowest BCUT2D eigenvalue weighted by atomic mass is 10.1. The quantitative estimate of drug-likeness (QED) is 0.537. The van der Waals surface area contributed by atoms with Crippen LogP contribution in [0, 0.1) is 0 Å². The number of imidazole rings is 1. The van der Waals surface area contributed by atoms with Gasteiger partial charge in [0, 0.05) is 19.0 Å². The molecule has 160 valence electrons. The number of rotatable bonds is 4. The lowest BCUT2D eigenvalue weighted by Crippen LogP contribution is -2.25. The van der Waals surface area contributed by atoms with E-state index in [9.17, 15) is 22.8 Å². The van der Waals surface area contributed by atoms with Crippen LogP contribution in [0.2, 0.25) is 0 Å². The first kappa shape index (κ1) is 20.5. The van der Waals surface area contributed by atoms with Gasteiger partial charge in [0.1, 0.15) is 17.0 Å². The summed E-state index contributed by atoms with van der Waals surface area (Å²) < 4.78 is 42.1. The number of hydrogen-bond acceptors (Lipinski definition) is 5. The molecule has 0 unspecified atom stereocenters. The molecule has 1 aromatic carbocycles. The van der Waals surface area contributed by atoms with Crippen molar-refractivity contribution in [2.24, 2.45) is 7.05 Å². The predicted octanol–water partition coefficient (Wildman–Crippen LogP) is 2.90. The second-order valence-electron chi connectivity index (χ2n) is 6.94. The van der Waals surface area contributed by atoms with Gasteiger partial charge in [-0.15, -0.1) is 0 Å². The topological polar surface area (TPSA) is 94.7 Å². The van der Waals surface area contributed by atoms with Crippen LogP contribution >= 0.6 is 0 Å². The molecule has 1 N–H and O–H groups in total. The van der Waals surface area contributed by atoms with E-state index < -0.39 is 23.1 Å². The largest absolute Gasteiger partial charge is 0.416 e. The molecule has 0 saturated carbocycles. The monoisotopic (exact) mass is 430 g/mol. The normalized spacial score (nSPS) is 11.9. The Balaban J connectivity index is 1.65. The van der Waals surface area contributed by atoms with E-state index in [1.165, 1.54) is 4.68 Å². The van der Waals surface area contributed by atoms with Gasteiger partial charge >= 0.3 is 6.18 Å². The summed E-state index contributed by atoms with van der Waals surface area (Å²) in [5, 5.41) is 6.81. The fraction of sp³-hybridized carbons (Fsp3) is 0.250. The molecule has 3 heterocycles. The third kappa shape index (κ3) is 3.86. The fourth-order valence-corrected chi connectivity index (χ4v) is 3.28. The Morgan fingerprint density at radius 2 is 1.97 bits per heavy atom. The minimum atomic E-state index is -4.54. The number of nitrogens with one attached hydrogen (secondary N) is 1. The molecule has 8 nitrogen and oxygen atoms in total. The standard InChI is InChI=1S/C20H17F3N6O2/c1-3-29-15-8-11(20(21,22)23)4-5-12(15)18(31)14(27-29)9-17(30)25-16-7-6-13-19(26-16)28(2)10-24-13/h4-8,10H,3,9H2,1-2H3,(H,25,26,30). The third-order valence-electron chi connectivity index (χ3n) is 4.80. The number of hydrogen-bond donors (Lipinski definition) is 1. The minimum absolute atomic E-state index is 0.0618. The molecular weight excluding hydrogens is 413 g/mol. The summed E-state index contributed by atoms with van der Waals surface area (Å²) in [5.74, 6) is -0.236. The second-order valence-corrected chi connectivity index (χ2v) is 6.94. The maximum atomic E-state index is 13.0. The lowest BCUT2D eigenvalue weighted by molar-refractivity contribution is -0.137. The van der Waals surface area contributed by atoms with Crippen molar-refractivity contribution in [2.45, 2.75) is 26.1 Å². The zero-order valence-corrected chi connectivity index (χ0v) is 16.6. The molecule has 0 radical (unpaired) electrons. The molecule has 0 aliphatic carbocycles.